The summed E-state index contributed by atoms with van der Waals surface area (Å²) in [4.78, 5) is 11.4. The molecule has 0 aromatic heterocycles. The largest absolute Gasteiger partial charge is 0.411 e. The lowest BCUT2D eigenvalue weighted by Crippen LogP contribution is -2.21. The Morgan fingerprint density at radius 3 is 2.62 bits per heavy atom. The topological polar surface area (TPSA) is 64.3 Å². The number of carbonyl (C=O) groups is 1. The average Bonchev–Trinajstić information content (AvgIpc) is 2.35. The van der Waals surface area contributed by atoms with Crippen LogP contribution in [0.15, 0.2) is 18.2 Å². The molecule has 1 aromatic carbocycles. The van der Waals surface area contributed by atoms with Crippen LogP contribution < -0.4 is 11.1 Å². The van der Waals surface area contributed by atoms with Crippen molar-refractivity contribution in [2.45, 2.75) is 12.6 Å². The van der Waals surface area contributed by atoms with Crippen LogP contribution in [-0.2, 0) is 9.53 Å². The second kappa shape index (κ2) is 7.32. The smallest absolute Gasteiger partial charge is 0.389 e. The molecule has 0 aliphatic rings. The van der Waals surface area contributed by atoms with Crippen molar-refractivity contribution in [3.63, 3.8) is 0 Å². The summed E-state index contributed by atoms with van der Waals surface area (Å²) in [5.41, 5.74) is 5.71. The maximum atomic E-state index is 13.1. The Balaban J connectivity index is 2.54. The quantitative estimate of drug-likeness (QED) is 0.479. The summed E-state index contributed by atoms with van der Waals surface area (Å²) in [6.45, 7) is -1.82. The Morgan fingerprint density at radius 2 is 2.05 bits per heavy atom. The zero-order chi connectivity index (χ0) is 16.0. The minimum atomic E-state index is -4.44. The molecule has 1 aromatic rings. The lowest BCUT2D eigenvalue weighted by molar-refractivity contribution is -0.174. The molecule has 0 aliphatic carbocycles. The van der Waals surface area contributed by atoms with Gasteiger partial charge in [0.15, 0.2) is 0 Å². The molecule has 0 radical (unpaired) electrons. The zero-order valence-electron chi connectivity index (χ0n) is 10.7. The van der Waals surface area contributed by atoms with Gasteiger partial charge >= 0.3 is 6.18 Å². The number of hydrogen-bond acceptors (Lipinski definition) is 3. The number of alkyl halides is 3. The van der Waals surface area contributed by atoms with Gasteiger partial charge in [0.25, 0.3) is 0 Å². The fourth-order valence-corrected chi connectivity index (χ4v) is 1.56. The molecule has 116 valence electrons. The van der Waals surface area contributed by atoms with Crippen molar-refractivity contribution in [3.8, 4) is 0 Å². The summed E-state index contributed by atoms with van der Waals surface area (Å²) >= 11 is 4.72. The number of carbonyl (C=O) groups excluding carboxylic acids is 1. The first-order chi connectivity index (χ1) is 9.69. The molecule has 0 heterocycles. The number of nitrogens with one attached hydrogen (secondary N) is 1. The summed E-state index contributed by atoms with van der Waals surface area (Å²) < 4.78 is 52.8. The standard InChI is InChI=1S/C12H12F4N2O2S/c13-7-1-2-9(8(5-7)11(17)21)18-10(19)3-4-20-6-12(14,15)16/h1-2,5H,3-4,6H2,(H2,17,21)(H,18,19). The van der Waals surface area contributed by atoms with E-state index in [2.05, 4.69) is 10.1 Å². The summed E-state index contributed by atoms with van der Waals surface area (Å²) in [5.74, 6) is -1.18. The van der Waals surface area contributed by atoms with E-state index in [0.29, 0.717) is 0 Å². The van der Waals surface area contributed by atoms with Gasteiger partial charge in [0.2, 0.25) is 5.91 Å². The first-order valence-electron chi connectivity index (χ1n) is 5.73. The highest BCUT2D eigenvalue weighted by Crippen LogP contribution is 2.18. The monoisotopic (exact) mass is 324 g/mol. The molecule has 1 rings (SSSR count). The number of halogens is 4. The van der Waals surface area contributed by atoms with Crippen molar-refractivity contribution in [1.82, 2.24) is 0 Å². The number of ether oxygens (including phenoxy) is 1. The van der Waals surface area contributed by atoms with Crippen molar-refractivity contribution in [3.05, 3.63) is 29.6 Å². The summed E-state index contributed by atoms with van der Waals surface area (Å²) in [6, 6.07) is 3.41. The first kappa shape index (κ1) is 17.3. The third-order valence-electron chi connectivity index (χ3n) is 2.26. The van der Waals surface area contributed by atoms with E-state index in [0.717, 1.165) is 12.1 Å². The van der Waals surface area contributed by atoms with E-state index in [1.54, 1.807) is 0 Å². The van der Waals surface area contributed by atoms with Gasteiger partial charge in [-0.3, -0.25) is 4.79 Å². The van der Waals surface area contributed by atoms with E-state index < -0.39 is 31.1 Å². The normalized spacial score (nSPS) is 11.2. The van der Waals surface area contributed by atoms with E-state index in [-0.39, 0.29) is 22.7 Å². The Labute approximate surface area is 123 Å². The molecular weight excluding hydrogens is 312 g/mol. The maximum Gasteiger partial charge on any atom is 0.411 e. The maximum absolute atomic E-state index is 13.1. The number of amides is 1. The Bertz CT molecular complexity index is 534. The molecule has 3 N–H and O–H groups in total. The van der Waals surface area contributed by atoms with Gasteiger partial charge in [0.1, 0.15) is 17.4 Å². The van der Waals surface area contributed by atoms with Crippen LogP contribution in [0.2, 0.25) is 0 Å². The van der Waals surface area contributed by atoms with Gasteiger partial charge in [-0.1, -0.05) is 12.2 Å². The second-order valence-electron chi connectivity index (χ2n) is 4.02. The number of benzene rings is 1. The van der Waals surface area contributed by atoms with Gasteiger partial charge in [-0.05, 0) is 18.2 Å². The van der Waals surface area contributed by atoms with Crippen LogP contribution in [0, 0.1) is 5.82 Å². The van der Waals surface area contributed by atoms with Gasteiger partial charge < -0.3 is 15.8 Å². The number of nitrogens with two attached hydrogens (primary N) is 1. The number of rotatable bonds is 6. The Hall–Kier alpha value is -1.74. The Morgan fingerprint density at radius 1 is 1.38 bits per heavy atom. The molecule has 0 bridgehead atoms. The van der Waals surface area contributed by atoms with Gasteiger partial charge in [-0.25, -0.2) is 4.39 Å². The number of thiocarbonyl (C=S) groups is 1. The van der Waals surface area contributed by atoms with Crippen molar-refractivity contribution in [2.75, 3.05) is 18.5 Å². The molecular formula is C12H12F4N2O2S. The predicted molar refractivity (Wildman–Crippen MR) is 72.4 cm³/mol. The average molecular weight is 324 g/mol. The van der Waals surface area contributed by atoms with E-state index >= 15 is 0 Å². The fraction of sp³-hybridized carbons (Fsp3) is 0.333. The highest BCUT2D eigenvalue weighted by Gasteiger charge is 2.27. The fourth-order valence-electron chi connectivity index (χ4n) is 1.39. The summed E-state index contributed by atoms with van der Waals surface area (Å²) in [5, 5.41) is 2.38. The molecule has 9 heteroatoms. The zero-order valence-corrected chi connectivity index (χ0v) is 11.5. The molecule has 0 atom stereocenters. The van der Waals surface area contributed by atoms with Gasteiger partial charge in [-0.2, -0.15) is 13.2 Å². The molecule has 0 saturated heterocycles. The molecule has 4 nitrogen and oxygen atoms in total. The van der Waals surface area contributed by atoms with Crippen LogP contribution in [0.4, 0.5) is 23.2 Å². The van der Waals surface area contributed by atoms with E-state index in [9.17, 15) is 22.4 Å². The van der Waals surface area contributed by atoms with E-state index in [1.165, 1.54) is 6.07 Å². The number of hydrogen-bond donors (Lipinski definition) is 2. The molecule has 0 fully saturated rings. The third kappa shape index (κ3) is 6.50. The predicted octanol–water partition coefficient (Wildman–Crippen LogP) is 2.37. The molecule has 0 saturated carbocycles. The third-order valence-corrected chi connectivity index (χ3v) is 2.48. The SMILES string of the molecule is NC(=S)c1cc(F)ccc1NC(=O)CCOCC(F)(F)F. The van der Waals surface area contributed by atoms with Gasteiger partial charge in [-0.15, -0.1) is 0 Å². The summed E-state index contributed by atoms with van der Waals surface area (Å²) in [7, 11) is 0. The van der Waals surface area contributed by atoms with Crippen LogP contribution in [0.5, 0.6) is 0 Å². The van der Waals surface area contributed by atoms with Gasteiger partial charge in [0, 0.05) is 5.56 Å². The van der Waals surface area contributed by atoms with Crippen molar-refractivity contribution in [1.29, 1.82) is 0 Å². The second-order valence-corrected chi connectivity index (χ2v) is 4.46. The van der Waals surface area contributed by atoms with Crippen molar-refractivity contribution < 1.29 is 27.1 Å². The van der Waals surface area contributed by atoms with Crippen molar-refractivity contribution >= 4 is 28.8 Å². The molecule has 0 spiro atoms. The van der Waals surface area contributed by atoms with E-state index in [4.69, 9.17) is 18.0 Å². The lowest BCUT2D eigenvalue weighted by Gasteiger charge is -2.11. The first-order valence-corrected chi connectivity index (χ1v) is 6.13. The molecule has 1 amide bonds. The van der Waals surface area contributed by atoms with Crippen LogP contribution in [0.1, 0.15) is 12.0 Å². The highest BCUT2D eigenvalue weighted by molar-refractivity contribution is 7.80. The van der Waals surface area contributed by atoms with Crippen LogP contribution in [0.25, 0.3) is 0 Å². The molecule has 0 unspecified atom stereocenters. The molecule has 0 aliphatic heterocycles. The van der Waals surface area contributed by atoms with Crippen LogP contribution >= 0.6 is 12.2 Å². The van der Waals surface area contributed by atoms with Crippen LogP contribution in [0.3, 0.4) is 0 Å². The Kier molecular flexibility index (Phi) is 6.03. The summed E-state index contributed by atoms with van der Waals surface area (Å²) in [6.07, 6.45) is -4.73. The highest BCUT2D eigenvalue weighted by atomic mass is 32.1. The molecule has 21 heavy (non-hydrogen) atoms. The lowest BCUT2D eigenvalue weighted by atomic mass is 10.1. The van der Waals surface area contributed by atoms with Crippen LogP contribution in [-0.4, -0.2) is 30.3 Å². The van der Waals surface area contributed by atoms with E-state index in [1.807, 2.05) is 0 Å². The minimum absolute atomic E-state index is 0.113. The van der Waals surface area contributed by atoms with Gasteiger partial charge in [0.05, 0.1) is 18.7 Å². The number of anilines is 1. The minimum Gasteiger partial charge on any atom is -0.389 e. The van der Waals surface area contributed by atoms with Crippen molar-refractivity contribution in [2.24, 2.45) is 5.73 Å².